The van der Waals surface area contributed by atoms with Crippen molar-refractivity contribution in [3.05, 3.63) is 12.3 Å². The second-order valence-electron chi connectivity index (χ2n) is 1.98. The number of amides is 1. The third-order valence-electron chi connectivity index (χ3n) is 0.908. The van der Waals surface area contributed by atoms with E-state index in [4.69, 9.17) is 9.90 Å². The fraction of sp³-hybridized carbons (Fsp3) is 0.333. The van der Waals surface area contributed by atoms with Crippen LogP contribution in [0, 0.1) is 0 Å². The number of hydrogen-bond donors (Lipinski definition) is 2. The Balaban J connectivity index is 0.000000223. The molecule has 4 nitrogen and oxygen atoms in total. The van der Waals surface area contributed by atoms with Crippen molar-refractivity contribution in [2.45, 2.75) is 12.6 Å². The molecule has 0 radical (unpaired) electrons. The zero-order valence-corrected chi connectivity index (χ0v) is 6.26. The summed E-state index contributed by atoms with van der Waals surface area (Å²) < 4.78 is 31.7. The zero-order valence-electron chi connectivity index (χ0n) is 6.26. The smallest absolute Gasteiger partial charge is 0.475 e. The van der Waals surface area contributed by atoms with Crippen molar-refractivity contribution in [1.82, 2.24) is 5.32 Å². The molecule has 1 aliphatic heterocycles. The maximum atomic E-state index is 10.6. The molecule has 0 fully saturated rings. The van der Waals surface area contributed by atoms with E-state index in [9.17, 15) is 18.0 Å². The van der Waals surface area contributed by atoms with Crippen molar-refractivity contribution in [1.29, 1.82) is 0 Å². The number of carbonyl (C=O) groups excluding carboxylic acids is 1. The molecule has 13 heavy (non-hydrogen) atoms. The number of carboxylic acid groups (broad SMARTS) is 1. The van der Waals surface area contributed by atoms with Crippen LogP contribution in [0.25, 0.3) is 0 Å². The van der Waals surface area contributed by atoms with E-state index in [1.54, 1.807) is 12.3 Å². The molecule has 0 spiro atoms. The number of nitrogens with one attached hydrogen (secondary N) is 1. The van der Waals surface area contributed by atoms with Gasteiger partial charge in [-0.05, 0) is 0 Å². The summed E-state index contributed by atoms with van der Waals surface area (Å²) in [5, 5.41) is 9.62. The fourth-order valence-electron chi connectivity index (χ4n) is 0.377. The molecule has 1 heterocycles. The van der Waals surface area contributed by atoms with Gasteiger partial charge in [0, 0.05) is 12.6 Å². The van der Waals surface area contributed by atoms with Crippen LogP contribution in [0.4, 0.5) is 13.2 Å². The minimum atomic E-state index is -5.08. The number of carbonyl (C=O) groups is 2. The molecule has 1 aliphatic rings. The van der Waals surface area contributed by atoms with Crippen LogP contribution < -0.4 is 5.32 Å². The molecule has 0 unspecified atom stereocenters. The Morgan fingerprint density at radius 3 is 2.08 bits per heavy atom. The first kappa shape index (κ1) is 11.5. The van der Waals surface area contributed by atoms with Gasteiger partial charge < -0.3 is 10.4 Å². The van der Waals surface area contributed by atoms with Gasteiger partial charge >= 0.3 is 12.1 Å². The molecule has 1 rings (SSSR count). The standard InChI is InChI=1S/C4H5NO.C2HF3O2/c6-4-2-1-3-5-4;3-2(4,5)1(6)7/h1,3H,2H2,(H,5,6);(H,6,7). The molecule has 0 saturated carbocycles. The second kappa shape index (κ2) is 4.48. The lowest BCUT2D eigenvalue weighted by molar-refractivity contribution is -0.192. The number of halogens is 3. The van der Waals surface area contributed by atoms with Crippen LogP contribution in [-0.2, 0) is 9.59 Å². The Bertz CT molecular complexity index is 224. The maximum Gasteiger partial charge on any atom is 0.490 e. The van der Waals surface area contributed by atoms with E-state index in [0.29, 0.717) is 6.42 Å². The molecule has 7 heteroatoms. The lowest BCUT2D eigenvalue weighted by Crippen LogP contribution is -2.21. The molecule has 0 saturated heterocycles. The minimum Gasteiger partial charge on any atom is -0.475 e. The normalized spacial score (nSPS) is 14.5. The summed E-state index contributed by atoms with van der Waals surface area (Å²) in [6.45, 7) is 0. The van der Waals surface area contributed by atoms with Crippen LogP contribution >= 0.6 is 0 Å². The van der Waals surface area contributed by atoms with Gasteiger partial charge in [0.1, 0.15) is 0 Å². The molecule has 0 bridgehead atoms. The van der Waals surface area contributed by atoms with Crippen LogP contribution in [-0.4, -0.2) is 23.2 Å². The van der Waals surface area contributed by atoms with Crippen molar-refractivity contribution in [3.63, 3.8) is 0 Å². The van der Waals surface area contributed by atoms with Crippen molar-refractivity contribution >= 4 is 11.9 Å². The molecular formula is C6H6F3NO3. The summed E-state index contributed by atoms with van der Waals surface area (Å²) in [6, 6.07) is 0. The third-order valence-corrected chi connectivity index (χ3v) is 0.908. The molecule has 0 aromatic carbocycles. The average molecular weight is 197 g/mol. The minimum absolute atomic E-state index is 0.0926. The van der Waals surface area contributed by atoms with E-state index in [-0.39, 0.29) is 5.91 Å². The van der Waals surface area contributed by atoms with E-state index < -0.39 is 12.1 Å². The number of carboxylic acids is 1. The van der Waals surface area contributed by atoms with E-state index in [1.165, 1.54) is 0 Å². The van der Waals surface area contributed by atoms with Gasteiger partial charge in [0.15, 0.2) is 0 Å². The monoisotopic (exact) mass is 197 g/mol. The second-order valence-corrected chi connectivity index (χ2v) is 1.98. The van der Waals surface area contributed by atoms with Gasteiger partial charge in [0.2, 0.25) is 5.91 Å². The summed E-state index contributed by atoms with van der Waals surface area (Å²) in [6.07, 6.45) is -1.08. The number of hydrogen-bond acceptors (Lipinski definition) is 2. The summed E-state index contributed by atoms with van der Waals surface area (Å²) >= 11 is 0. The van der Waals surface area contributed by atoms with E-state index in [1.807, 2.05) is 0 Å². The Kier molecular flexibility index (Phi) is 3.96. The first-order valence-corrected chi connectivity index (χ1v) is 3.08. The van der Waals surface area contributed by atoms with Gasteiger partial charge in [0.25, 0.3) is 0 Å². The highest BCUT2D eigenvalue weighted by atomic mass is 19.4. The van der Waals surface area contributed by atoms with Crippen molar-refractivity contribution in [3.8, 4) is 0 Å². The molecule has 0 aliphatic carbocycles. The van der Waals surface area contributed by atoms with E-state index in [0.717, 1.165) is 0 Å². The van der Waals surface area contributed by atoms with Gasteiger partial charge in [-0.15, -0.1) is 0 Å². The predicted octanol–water partition coefficient (Wildman–Crippen LogP) is 0.653. The summed E-state index contributed by atoms with van der Waals surface area (Å²) in [4.78, 5) is 19.0. The zero-order chi connectivity index (χ0) is 10.5. The number of aliphatic carboxylic acids is 1. The summed E-state index contributed by atoms with van der Waals surface area (Å²) in [7, 11) is 0. The highest BCUT2D eigenvalue weighted by molar-refractivity contribution is 5.80. The van der Waals surface area contributed by atoms with Gasteiger partial charge in [-0.25, -0.2) is 4.79 Å². The van der Waals surface area contributed by atoms with E-state index >= 15 is 0 Å². The molecule has 0 aromatic heterocycles. The Morgan fingerprint density at radius 2 is 2.00 bits per heavy atom. The highest BCUT2D eigenvalue weighted by Gasteiger charge is 2.38. The van der Waals surface area contributed by atoms with Gasteiger partial charge in [-0.2, -0.15) is 13.2 Å². The molecule has 0 aromatic rings. The quantitative estimate of drug-likeness (QED) is 0.599. The average Bonchev–Trinajstić information content (AvgIpc) is 2.38. The van der Waals surface area contributed by atoms with Crippen LogP contribution in [0.3, 0.4) is 0 Å². The van der Waals surface area contributed by atoms with Gasteiger partial charge in [-0.3, -0.25) is 4.79 Å². The molecule has 2 N–H and O–H groups in total. The van der Waals surface area contributed by atoms with Crippen LogP contribution in [0.1, 0.15) is 6.42 Å². The molecule has 0 atom stereocenters. The van der Waals surface area contributed by atoms with Crippen LogP contribution in [0.5, 0.6) is 0 Å². The highest BCUT2D eigenvalue weighted by Crippen LogP contribution is 2.13. The summed E-state index contributed by atoms with van der Waals surface area (Å²) in [5.74, 6) is -2.66. The Hall–Kier alpha value is -1.53. The fourth-order valence-corrected chi connectivity index (χ4v) is 0.377. The maximum absolute atomic E-state index is 10.6. The van der Waals surface area contributed by atoms with Crippen molar-refractivity contribution < 1.29 is 27.9 Å². The molecule has 1 amide bonds. The largest absolute Gasteiger partial charge is 0.490 e. The van der Waals surface area contributed by atoms with Crippen molar-refractivity contribution in [2.24, 2.45) is 0 Å². The third kappa shape index (κ3) is 5.71. The Morgan fingerprint density at radius 1 is 1.54 bits per heavy atom. The first-order valence-electron chi connectivity index (χ1n) is 3.08. The predicted molar refractivity (Wildman–Crippen MR) is 35.6 cm³/mol. The van der Waals surface area contributed by atoms with Crippen LogP contribution in [0.2, 0.25) is 0 Å². The Labute approximate surface area is 71.0 Å². The molecule has 74 valence electrons. The summed E-state index contributed by atoms with van der Waals surface area (Å²) in [5.41, 5.74) is 0. The molecular weight excluding hydrogens is 191 g/mol. The number of rotatable bonds is 0. The topological polar surface area (TPSA) is 66.4 Å². The lowest BCUT2D eigenvalue weighted by atomic mass is 10.5. The van der Waals surface area contributed by atoms with Gasteiger partial charge in [-0.1, -0.05) is 6.08 Å². The first-order chi connectivity index (χ1) is 5.84. The number of alkyl halides is 3. The van der Waals surface area contributed by atoms with Crippen molar-refractivity contribution in [2.75, 3.05) is 0 Å². The van der Waals surface area contributed by atoms with Gasteiger partial charge in [0.05, 0.1) is 0 Å². The SMILES string of the molecule is O=C(O)C(F)(F)F.O=C1CC=CN1. The van der Waals surface area contributed by atoms with Crippen LogP contribution in [0.15, 0.2) is 12.3 Å². The van der Waals surface area contributed by atoms with E-state index in [2.05, 4.69) is 5.32 Å². The lowest BCUT2D eigenvalue weighted by Gasteiger charge is -1.93.